The van der Waals surface area contributed by atoms with Crippen LogP contribution in [0.25, 0.3) is 0 Å². The Bertz CT molecular complexity index is 372. The molecule has 0 amide bonds. The molecule has 0 saturated heterocycles. The summed E-state index contributed by atoms with van der Waals surface area (Å²) in [4.78, 5) is 0. The molecule has 0 heterocycles. The summed E-state index contributed by atoms with van der Waals surface area (Å²) in [5.41, 5.74) is -5.08. The van der Waals surface area contributed by atoms with Gasteiger partial charge in [0.15, 0.2) is 0 Å². The maximum atomic E-state index is 12.6. The van der Waals surface area contributed by atoms with Crippen LogP contribution in [0.2, 0.25) is 0 Å². The highest BCUT2D eigenvalue weighted by Gasteiger charge is 2.75. The van der Waals surface area contributed by atoms with E-state index in [9.17, 15) is 31.4 Å². The maximum absolute atomic E-state index is 12.6. The molecule has 2 rings (SSSR count). The third kappa shape index (κ3) is 2.05. The summed E-state index contributed by atoms with van der Waals surface area (Å²) in [6, 6.07) is 0. The van der Waals surface area contributed by atoms with Crippen molar-refractivity contribution in [2.45, 2.75) is 36.9 Å². The highest BCUT2D eigenvalue weighted by molar-refractivity contribution is 5.15. The van der Waals surface area contributed by atoms with Gasteiger partial charge in [-0.25, -0.2) is 0 Å². The molecule has 110 valence electrons. The molecule has 0 spiro atoms. The molecule has 8 heteroatoms. The molecule has 4 atom stereocenters. The van der Waals surface area contributed by atoms with Crippen molar-refractivity contribution in [2.75, 3.05) is 0 Å². The number of fused-ring (bicyclic) bond motifs is 2. The van der Waals surface area contributed by atoms with Crippen LogP contribution in [0.5, 0.6) is 0 Å². The molecule has 2 N–H and O–H groups in total. The number of hydrogen-bond donors (Lipinski definition) is 2. The Kier molecular flexibility index (Phi) is 3.17. The number of aliphatic hydroxyl groups is 2. The highest BCUT2D eigenvalue weighted by atomic mass is 19.4. The fourth-order valence-corrected chi connectivity index (χ4v) is 2.99. The zero-order valence-corrected chi connectivity index (χ0v) is 9.54. The van der Waals surface area contributed by atoms with Crippen LogP contribution in [0, 0.1) is 17.8 Å². The van der Waals surface area contributed by atoms with Gasteiger partial charge >= 0.3 is 12.4 Å². The summed E-state index contributed by atoms with van der Waals surface area (Å²) < 4.78 is 75.6. The molecule has 2 nitrogen and oxygen atoms in total. The fraction of sp³-hybridized carbons (Fsp3) is 0.818. The van der Waals surface area contributed by atoms with Gasteiger partial charge in [-0.2, -0.15) is 26.3 Å². The van der Waals surface area contributed by atoms with Gasteiger partial charge in [0.1, 0.15) is 6.10 Å². The molecule has 2 aliphatic carbocycles. The Morgan fingerprint density at radius 3 is 1.79 bits per heavy atom. The standard InChI is InChI=1S/C11H12F6O2/c12-10(13,14)9(19,11(15,16)17)8(18)7-4-5-1-2-6(7)3-5/h1-2,5-8,18-19H,3-4H2. The summed E-state index contributed by atoms with van der Waals surface area (Å²) in [5, 5.41) is 18.7. The van der Waals surface area contributed by atoms with Crippen LogP contribution in [-0.4, -0.2) is 34.3 Å². The largest absolute Gasteiger partial charge is 0.428 e. The Morgan fingerprint density at radius 2 is 1.47 bits per heavy atom. The minimum absolute atomic E-state index is 0.0246. The second-order valence-corrected chi connectivity index (χ2v) is 5.15. The van der Waals surface area contributed by atoms with Crippen molar-refractivity contribution >= 4 is 0 Å². The van der Waals surface area contributed by atoms with E-state index in [4.69, 9.17) is 5.11 Å². The second-order valence-electron chi connectivity index (χ2n) is 5.15. The van der Waals surface area contributed by atoms with Crippen molar-refractivity contribution in [3.8, 4) is 0 Å². The molecule has 1 fully saturated rings. The predicted molar refractivity (Wildman–Crippen MR) is 51.9 cm³/mol. The zero-order chi connectivity index (χ0) is 14.6. The molecule has 4 unspecified atom stereocenters. The summed E-state index contributed by atoms with van der Waals surface area (Å²) in [5.74, 6) is -1.89. The van der Waals surface area contributed by atoms with Crippen molar-refractivity contribution in [3.63, 3.8) is 0 Å². The first-order valence-corrected chi connectivity index (χ1v) is 5.70. The number of alkyl halides is 6. The van der Waals surface area contributed by atoms with Gasteiger partial charge in [-0.05, 0) is 30.6 Å². The minimum atomic E-state index is -5.98. The van der Waals surface area contributed by atoms with Crippen molar-refractivity contribution in [3.05, 3.63) is 12.2 Å². The van der Waals surface area contributed by atoms with Crippen LogP contribution in [0.3, 0.4) is 0 Å². The van der Waals surface area contributed by atoms with Gasteiger partial charge < -0.3 is 10.2 Å². The first-order valence-electron chi connectivity index (χ1n) is 5.70. The topological polar surface area (TPSA) is 40.5 Å². The van der Waals surface area contributed by atoms with E-state index in [1.165, 1.54) is 6.08 Å². The van der Waals surface area contributed by atoms with Crippen LogP contribution >= 0.6 is 0 Å². The SMILES string of the molecule is OC(C1CC2C=CC1C2)C(O)(C(F)(F)F)C(F)(F)F. The number of aliphatic hydroxyl groups excluding tert-OH is 1. The Hall–Kier alpha value is -0.760. The van der Waals surface area contributed by atoms with E-state index in [1.54, 1.807) is 6.08 Å². The van der Waals surface area contributed by atoms with Crippen LogP contribution < -0.4 is 0 Å². The fourth-order valence-electron chi connectivity index (χ4n) is 2.99. The van der Waals surface area contributed by atoms with E-state index in [0.29, 0.717) is 6.42 Å². The van der Waals surface area contributed by atoms with Gasteiger partial charge in [0.2, 0.25) is 0 Å². The maximum Gasteiger partial charge on any atom is 0.428 e. The lowest BCUT2D eigenvalue weighted by Crippen LogP contribution is -2.66. The first-order chi connectivity index (χ1) is 8.48. The van der Waals surface area contributed by atoms with E-state index in [-0.39, 0.29) is 12.3 Å². The monoisotopic (exact) mass is 290 g/mol. The third-order valence-corrected chi connectivity index (χ3v) is 4.03. The molecule has 0 aromatic rings. The van der Waals surface area contributed by atoms with E-state index in [0.717, 1.165) is 0 Å². The van der Waals surface area contributed by atoms with Crippen molar-refractivity contribution in [1.29, 1.82) is 0 Å². The molecule has 0 aliphatic heterocycles. The number of allylic oxidation sites excluding steroid dienone is 2. The lowest BCUT2D eigenvalue weighted by molar-refractivity contribution is -0.396. The predicted octanol–water partition coefficient (Wildman–Crippen LogP) is 2.42. The van der Waals surface area contributed by atoms with Crippen molar-refractivity contribution in [1.82, 2.24) is 0 Å². The quantitative estimate of drug-likeness (QED) is 0.605. The van der Waals surface area contributed by atoms with Crippen LogP contribution in [0.1, 0.15) is 12.8 Å². The molecule has 0 aromatic heterocycles. The molecule has 19 heavy (non-hydrogen) atoms. The average molecular weight is 290 g/mol. The van der Waals surface area contributed by atoms with E-state index >= 15 is 0 Å². The minimum Gasteiger partial charge on any atom is -0.389 e. The van der Waals surface area contributed by atoms with Gasteiger partial charge in [-0.1, -0.05) is 12.2 Å². The summed E-state index contributed by atoms with van der Waals surface area (Å²) in [6.45, 7) is 0. The van der Waals surface area contributed by atoms with Gasteiger partial charge in [-0.3, -0.25) is 0 Å². The van der Waals surface area contributed by atoms with Crippen LogP contribution in [-0.2, 0) is 0 Å². The lowest BCUT2D eigenvalue weighted by Gasteiger charge is -2.40. The van der Waals surface area contributed by atoms with Crippen molar-refractivity contribution in [2.24, 2.45) is 17.8 Å². The van der Waals surface area contributed by atoms with Gasteiger partial charge in [0.05, 0.1) is 0 Å². The molecule has 2 aliphatic rings. The van der Waals surface area contributed by atoms with Gasteiger partial charge in [0.25, 0.3) is 5.60 Å². The van der Waals surface area contributed by atoms with Crippen LogP contribution in [0.4, 0.5) is 26.3 Å². The number of halogens is 6. The molecule has 2 bridgehead atoms. The Balaban J connectivity index is 2.32. The van der Waals surface area contributed by atoms with Crippen molar-refractivity contribution < 1.29 is 36.6 Å². The van der Waals surface area contributed by atoms with Gasteiger partial charge in [0, 0.05) is 0 Å². The summed E-state index contributed by atoms with van der Waals surface area (Å²) >= 11 is 0. The second kappa shape index (κ2) is 4.12. The third-order valence-electron chi connectivity index (χ3n) is 4.03. The van der Waals surface area contributed by atoms with E-state index in [1.807, 2.05) is 0 Å². The zero-order valence-electron chi connectivity index (χ0n) is 9.54. The molecular weight excluding hydrogens is 278 g/mol. The van der Waals surface area contributed by atoms with Gasteiger partial charge in [-0.15, -0.1) is 0 Å². The normalized spacial score (nSPS) is 32.9. The Morgan fingerprint density at radius 1 is 0.947 bits per heavy atom. The number of hydrogen-bond acceptors (Lipinski definition) is 2. The summed E-state index contributed by atoms with van der Waals surface area (Å²) in [7, 11) is 0. The van der Waals surface area contributed by atoms with E-state index < -0.39 is 35.9 Å². The molecule has 0 aromatic carbocycles. The first kappa shape index (κ1) is 14.6. The van der Waals surface area contributed by atoms with E-state index in [2.05, 4.69) is 0 Å². The molecule has 1 saturated carbocycles. The summed E-state index contributed by atoms with van der Waals surface area (Å²) in [6.07, 6.45) is -11.2. The van der Waals surface area contributed by atoms with Crippen LogP contribution in [0.15, 0.2) is 12.2 Å². The smallest absolute Gasteiger partial charge is 0.389 e. The Labute approximate surface area is 104 Å². The lowest BCUT2D eigenvalue weighted by atomic mass is 9.79. The molecular formula is C11H12F6O2. The average Bonchev–Trinajstić information content (AvgIpc) is 2.85. The number of rotatable bonds is 2. The molecule has 0 radical (unpaired) electrons. The highest BCUT2D eigenvalue weighted by Crippen LogP contribution is 2.53.